The topological polar surface area (TPSA) is 41.1 Å². The molecule has 2 unspecified atom stereocenters. The molecule has 1 aromatic rings. The second-order valence-corrected chi connectivity index (χ2v) is 4.82. The van der Waals surface area contributed by atoms with Gasteiger partial charge in [-0.3, -0.25) is 0 Å². The summed E-state index contributed by atoms with van der Waals surface area (Å²) in [4.78, 5) is 10.1. The highest BCUT2D eigenvalue weighted by atomic mass is 19.1. The molecule has 0 bridgehead atoms. The van der Waals surface area contributed by atoms with Gasteiger partial charge in [0.1, 0.15) is 6.33 Å². The Bertz CT molecular complexity index is 410. The summed E-state index contributed by atoms with van der Waals surface area (Å²) in [6.45, 7) is 7.64. The fourth-order valence-electron chi connectivity index (χ4n) is 2.41. The van der Waals surface area contributed by atoms with Gasteiger partial charge in [-0.2, -0.15) is 0 Å². The summed E-state index contributed by atoms with van der Waals surface area (Å²) in [6.07, 6.45) is 3.47. The smallest absolute Gasteiger partial charge is 0.186 e. The normalized spacial score (nSPS) is 24.3. The third kappa shape index (κ3) is 2.46. The number of piperazine rings is 1. The molecule has 1 fully saturated rings. The molecular formula is C13H21FN4. The minimum atomic E-state index is -0.285. The number of nitrogens with one attached hydrogen (secondary N) is 1. The number of nitrogens with zero attached hydrogens (tertiary/aromatic N) is 3. The lowest BCUT2D eigenvalue weighted by Gasteiger charge is -2.40. The van der Waals surface area contributed by atoms with Crippen LogP contribution in [0.4, 0.5) is 10.2 Å². The molecule has 0 saturated carbocycles. The Morgan fingerprint density at radius 2 is 2.17 bits per heavy atom. The van der Waals surface area contributed by atoms with Gasteiger partial charge >= 0.3 is 0 Å². The summed E-state index contributed by atoms with van der Waals surface area (Å²) in [7, 11) is 0. The van der Waals surface area contributed by atoms with Crippen LogP contribution in [0.2, 0.25) is 0 Å². The van der Waals surface area contributed by atoms with Crippen molar-refractivity contribution in [1.82, 2.24) is 15.3 Å². The predicted octanol–water partition coefficient (Wildman–Crippen LogP) is 1.89. The molecule has 1 aromatic heterocycles. The third-order valence-electron chi connectivity index (χ3n) is 3.68. The van der Waals surface area contributed by atoms with E-state index in [1.54, 1.807) is 6.92 Å². The molecule has 5 heteroatoms. The molecule has 1 aliphatic heterocycles. The molecule has 0 aliphatic carbocycles. The van der Waals surface area contributed by atoms with Gasteiger partial charge in [0.25, 0.3) is 0 Å². The Hall–Kier alpha value is -1.23. The molecule has 2 heterocycles. The Morgan fingerprint density at radius 1 is 1.39 bits per heavy atom. The molecule has 2 rings (SSSR count). The van der Waals surface area contributed by atoms with Gasteiger partial charge < -0.3 is 10.2 Å². The summed E-state index contributed by atoms with van der Waals surface area (Å²) in [6, 6.07) is 0.707. The standard InChI is InChI=1S/C13H21FN4/c1-4-10-7-18(11(5-2)6-15-10)13-12(14)9(3)16-8-17-13/h8,10-11,15H,4-7H2,1-3H3. The third-order valence-corrected chi connectivity index (χ3v) is 3.68. The first-order valence-corrected chi connectivity index (χ1v) is 6.64. The summed E-state index contributed by atoms with van der Waals surface area (Å²) >= 11 is 0. The fourth-order valence-corrected chi connectivity index (χ4v) is 2.41. The Morgan fingerprint density at radius 3 is 2.83 bits per heavy atom. The predicted molar refractivity (Wildman–Crippen MR) is 70.2 cm³/mol. The second kappa shape index (κ2) is 5.61. The van der Waals surface area contributed by atoms with Gasteiger partial charge in [0, 0.05) is 25.2 Å². The van der Waals surface area contributed by atoms with Crippen LogP contribution in [0.1, 0.15) is 32.4 Å². The maximum absolute atomic E-state index is 14.1. The molecule has 18 heavy (non-hydrogen) atoms. The number of rotatable bonds is 3. The van der Waals surface area contributed by atoms with Gasteiger partial charge in [0.05, 0.1) is 5.69 Å². The van der Waals surface area contributed by atoms with Gasteiger partial charge in [0.15, 0.2) is 11.6 Å². The molecule has 0 radical (unpaired) electrons. The van der Waals surface area contributed by atoms with Crippen molar-refractivity contribution >= 4 is 5.82 Å². The van der Waals surface area contributed by atoms with Crippen molar-refractivity contribution in [3.8, 4) is 0 Å². The number of hydrogen-bond acceptors (Lipinski definition) is 4. The monoisotopic (exact) mass is 252 g/mol. The SMILES string of the molecule is CCC1CN(c2ncnc(C)c2F)C(CC)CN1. The quantitative estimate of drug-likeness (QED) is 0.892. The molecule has 1 N–H and O–H groups in total. The number of hydrogen-bond donors (Lipinski definition) is 1. The highest BCUT2D eigenvalue weighted by Crippen LogP contribution is 2.23. The van der Waals surface area contributed by atoms with Crippen molar-refractivity contribution in [2.75, 3.05) is 18.0 Å². The number of aryl methyl sites for hydroxylation is 1. The van der Waals surface area contributed by atoms with Gasteiger partial charge in [-0.15, -0.1) is 0 Å². The maximum Gasteiger partial charge on any atom is 0.186 e. The van der Waals surface area contributed by atoms with E-state index in [4.69, 9.17) is 0 Å². The molecule has 0 spiro atoms. The van der Waals surface area contributed by atoms with Crippen molar-refractivity contribution < 1.29 is 4.39 Å². The summed E-state index contributed by atoms with van der Waals surface area (Å²) in [5, 5.41) is 3.50. The van der Waals surface area contributed by atoms with Crippen molar-refractivity contribution in [2.24, 2.45) is 0 Å². The summed E-state index contributed by atoms with van der Waals surface area (Å²) in [5.41, 5.74) is 0.418. The Balaban J connectivity index is 2.29. The van der Waals surface area contributed by atoms with Crippen molar-refractivity contribution in [2.45, 2.75) is 45.7 Å². The molecule has 1 saturated heterocycles. The van der Waals surface area contributed by atoms with E-state index in [1.807, 2.05) is 0 Å². The van der Waals surface area contributed by atoms with Crippen LogP contribution in [-0.4, -0.2) is 35.1 Å². The summed E-state index contributed by atoms with van der Waals surface area (Å²) < 4.78 is 14.1. The lowest BCUT2D eigenvalue weighted by molar-refractivity contribution is 0.372. The van der Waals surface area contributed by atoms with E-state index < -0.39 is 0 Å². The van der Waals surface area contributed by atoms with E-state index in [0.717, 1.165) is 25.9 Å². The van der Waals surface area contributed by atoms with Gasteiger partial charge in [-0.25, -0.2) is 14.4 Å². The van der Waals surface area contributed by atoms with Crippen LogP contribution < -0.4 is 10.2 Å². The lowest BCUT2D eigenvalue weighted by atomic mass is 10.1. The van der Waals surface area contributed by atoms with Gasteiger partial charge in [-0.05, 0) is 19.8 Å². The Kier molecular flexibility index (Phi) is 4.11. The van der Waals surface area contributed by atoms with E-state index in [2.05, 4.69) is 34.0 Å². The average molecular weight is 252 g/mol. The number of anilines is 1. The zero-order valence-corrected chi connectivity index (χ0v) is 11.3. The number of halogens is 1. The van der Waals surface area contributed by atoms with Crippen LogP contribution in [0.15, 0.2) is 6.33 Å². The summed E-state index contributed by atoms with van der Waals surface area (Å²) in [5.74, 6) is 0.169. The van der Waals surface area contributed by atoms with E-state index in [0.29, 0.717) is 23.6 Å². The molecule has 2 atom stereocenters. The molecule has 1 aliphatic rings. The zero-order valence-electron chi connectivity index (χ0n) is 11.3. The first kappa shape index (κ1) is 13.2. The largest absolute Gasteiger partial charge is 0.348 e. The zero-order chi connectivity index (χ0) is 13.1. The van der Waals surface area contributed by atoms with E-state index in [-0.39, 0.29) is 5.82 Å². The van der Waals surface area contributed by atoms with Gasteiger partial charge in [0.2, 0.25) is 0 Å². The lowest BCUT2D eigenvalue weighted by Crippen LogP contribution is -2.56. The first-order valence-electron chi connectivity index (χ1n) is 6.64. The molecule has 0 amide bonds. The maximum atomic E-state index is 14.1. The van der Waals surface area contributed by atoms with Crippen LogP contribution in [0.25, 0.3) is 0 Å². The van der Waals surface area contributed by atoms with Crippen molar-refractivity contribution in [3.05, 3.63) is 17.8 Å². The van der Waals surface area contributed by atoms with Crippen LogP contribution in [0.5, 0.6) is 0 Å². The average Bonchev–Trinajstić information content (AvgIpc) is 2.41. The van der Waals surface area contributed by atoms with E-state index in [1.165, 1.54) is 6.33 Å². The molecule has 100 valence electrons. The van der Waals surface area contributed by atoms with Crippen LogP contribution in [0.3, 0.4) is 0 Å². The fraction of sp³-hybridized carbons (Fsp3) is 0.692. The highest BCUT2D eigenvalue weighted by molar-refractivity contribution is 5.43. The first-order chi connectivity index (χ1) is 8.67. The Labute approximate surface area is 108 Å². The molecular weight excluding hydrogens is 231 g/mol. The van der Waals surface area contributed by atoms with Crippen LogP contribution in [-0.2, 0) is 0 Å². The van der Waals surface area contributed by atoms with E-state index in [9.17, 15) is 4.39 Å². The minimum Gasteiger partial charge on any atom is -0.348 e. The molecule has 4 nitrogen and oxygen atoms in total. The van der Waals surface area contributed by atoms with Crippen LogP contribution >= 0.6 is 0 Å². The van der Waals surface area contributed by atoms with Crippen molar-refractivity contribution in [1.29, 1.82) is 0 Å². The van der Waals surface area contributed by atoms with Crippen LogP contribution in [0, 0.1) is 12.7 Å². The number of aromatic nitrogens is 2. The minimum absolute atomic E-state index is 0.285. The van der Waals surface area contributed by atoms with Crippen molar-refractivity contribution in [3.63, 3.8) is 0 Å². The van der Waals surface area contributed by atoms with E-state index >= 15 is 0 Å². The van der Waals surface area contributed by atoms with Gasteiger partial charge in [-0.1, -0.05) is 13.8 Å². The highest BCUT2D eigenvalue weighted by Gasteiger charge is 2.29. The molecule has 0 aromatic carbocycles. The second-order valence-electron chi connectivity index (χ2n) is 4.82.